The third-order valence-corrected chi connectivity index (χ3v) is 4.28. The maximum atomic E-state index is 12.1. The molecule has 27 heavy (non-hydrogen) atoms. The Hall–Kier alpha value is -2.86. The van der Waals surface area contributed by atoms with Gasteiger partial charge in [-0.25, -0.2) is 4.79 Å². The first-order valence-corrected chi connectivity index (χ1v) is 8.84. The summed E-state index contributed by atoms with van der Waals surface area (Å²) in [6.07, 6.45) is 0.754. The van der Waals surface area contributed by atoms with Gasteiger partial charge >= 0.3 is 5.97 Å². The van der Waals surface area contributed by atoms with Gasteiger partial charge in [-0.15, -0.1) is 0 Å². The lowest BCUT2D eigenvalue weighted by Crippen LogP contribution is -2.42. The molecule has 0 unspecified atom stereocenters. The second kappa shape index (κ2) is 9.73. The summed E-state index contributed by atoms with van der Waals surface area (Å²) >= 11 is 5.91. The van der Waals surface area contributed by atoms with Gasteiger partial charge in [-0.3, -0.25) is 9.59 Å². The molecule has 0 spiro atoms. The summed E-state index contributed by atoms with van der Waals surface area (Å²) in [6.45, 7) is 0. The minimum Gasteiger partial charge on any atom is -0.480 e. The van der Waals surface area contributed by atoms with Gasteiger partial charge in [0.05, 0.1) is 0 Å². The van der Waals surface area contributed by atoms with E-state index >= 15 is 0 Å². The number of nitrogens with one attached hydrogen (secondary N) is 2. The molecule has 0 fully saturated rings. The SMILES string of the molecule is CNC(=O)c1ccc(CCC(=O)N[C@@H](Cc2cccc(Cl)c2)C(=O)O)cc1. The van der Waals surface area contributed by atoms with Gasteiger partial charge < -0.3 is 15.7 Å². The van der Waals surface area contributed by atoms with Crippen LogP contribution in [0.15, 0.2) is 48.5 Å². The van der Waals surface area contributed by atoms with E-state index in [1.165, 1.54) is 0 Å². The topological polar surface area (TPSA) is 95.5 Å². The number of rotatable bonds is 8. The van der Waals surface area contributed by atoms with Crippen LogP contribution in [-0.4, -0.2) is 36.0 Å². The number of hydrogen-bond acceptors (Lipinski definition) is 3. The first kappa shape index (κ1) is 20.5. The fourth-order valence-corrected chi connectivity index (χ4v) is 2.80. The van der Waals surface area contributed by atoms with Gasteiger partial charge in [0.2, 0.25) is 5.91 Å². The summed E-state index contributed by atoms with van der Waals surface area (Å²) in [6, 6.07) is 12.8. The van der Waals surface area contributed by atoms with Crippen molar-refractivity contribution in [1.29, 1.82) is 0 Å². The third-order valence-electron chi connectivity index (χ3n) is 4.05. The maximum absolute atomic E-state index is 12.1. The lowest BCUT2D eigenvalue weighted by Gasteiger charge is -2.15. The van der Waals surface area contributed by atoms with Crippen LogP contribution in [-0.2, 0) is 22.4 Å². The van der Waals surface area contributed by atoms with E-state index < -0.39 is 12.0 Å². The molecule has 2 amide bonds. The monoisotopic (exact) mass is 388 g/mol. The molecule has 0 bridgehead atoms. The molecule has 0 radical (unpaired) electrons. The average molecular weight is 389 g/mol. The Balaban J connectivity index is 1.90. The van der Waals surface area contributed by atoms with E-state index in [4.69, 9.17) is 11.6 Å². The molecule has 6 nitrogen and oxygen atoms in total. The summed E-state index contributed by atoms with van der Waals surface area (Å²) in [5.41, 5.74) is 2.16. The normalized spacial score (nSPS) is 11.5. The highest BCUT2D eigenvalue weighted by Gasteiger charge is 2.20. The van der Waals surface area contributed by atoms with Crippen LogP contribution in [0.5, 0.6) is 0 Å². The minimum atomic E-state index is -1.10. The van der Waals surface area contributed by atoms with Gasteiger partial charge in [-0.1, -0.05) is 35.9 Å². The molecule has 0 aliphatic heterocycles. The number of halogens is 1. The molecular weight excluding hydrogens is 368 g/mol. The van der Waals surface area contributed by atoms with E-state index in [2.05, 4.69) is 10.6 Å². The zero-order chi connectivity index (χ0) is 19.8. The van der Waals surface area contributed by atoms with Crippen molar-refractivity contribution in [2.45, 2.75) is 25.3 Å². The Morgan fingerprint density at radius 1 is 1.07 bits per heavy atom. The molecule has 0 aliphatic carbocycles. The Bertz CT molecular complexity index is 821. The van der Waals surface area contributed by atoms with E-state index in [0.29, 0.717) is 17.0 Å². The highest BCUT2D eigenvalue weighted by Crippen LogP contribution is 2.13. The number of hydrogen-bond donors (Lipinski definition) is 3. The quantitative estimate of drug-likeness (QED) is 0.647. The first-order chi connectivity index (χ1) is 12.9. The second-order valence-electron chi connectivity index (χ2n) is 6.07. The number of carbonyl (C=O) groups is 3. The van der Waals surface area contributed by atoms with Crippen molar-refractivity contribution in [3.05, 3.63) is 70.2 Å². The van der Waals surface area contributed by atoms with Crippen LogP contribution in [0.1, 0.15) is 27.9 Å². The van der Waals surface area contributed by atoms with Gasteiger partial charge in [0.25, 0.3) is 5.91 Å². The van der Waals surface area contributed by atoms with Crippen molar-refractivity contribution in [3.63, 3.8) is 0 Å². The summed E-state index contributed by atoms with van der Waals surface area (Å²) in [5, 5.41) is 15.0. The number of carboxylic acid groups (broad SMARTS) is 1. The zero-order valence-corrected chi connectivity index (χ0v) is 15.6. The molecule has 2 rings (SSSR count). The van der Waals surface area contributed by atoms with Crippen LogP contribution in [0.3, 0.4) is 0 Å². The maximum Gasteiger partial charge on any atom is 0.326 e. The number of amides is 2. The van der Waals surface area contributed by atoms with Crippen molar-refractivity contribution in [2.75, 3.05) is 7.05 Å². The van der Waals surface area contributed by atoms with Crippen LogP contribution in [0, 0.1) is 0 Å². The van der Waals surface area contributed by atoms with Gasteiger partial charge in [0.15, 0.2) is 0 Å². The van der Waals surface area contributed by atoms with E-state index in [1.807, 2.05) is 0 Å². The number of carboxylic acids is 1. The summed E-state index contributed by atoms with van der Waals surface area (Å²) in [5.74, 6) is -1.62. The van der Waals surface area contributed by atoms with Gasteiger partial charge in [0, 0.05) is 30.5 Å². The second-order valence-corrected chi connectivity index (χ2v) is 6.50. The van der Waals surface area contributed by atoms with Crippen molar-refractivity contribution in [1.82, 2.24) is 10.6 Å². The van der Waals surface area contributed by atoms with Crippen molar-refractivity contribution >= 4 is 29.4 Å². The fourth-order valence-electron chi connectivity index (χ4n) is 2.59. The average Bonchev–Trinajstić information content (AvgIpc) is 2.65. The molecule has 0 saturated heterocycles. The number of carbonyl (C=O) groups excluding carboxylic acids is 2. The van der Waals surface area contributed by atoms with E-state index in [9.17, 15) is 19.5 Å². The largest absolute Gasteiger partial charge is 0.480 e. The molecule has 0 saturated carbocycles. The smallest absolute Gasteiger partial charge is 0.326 e. The summed E-state index contributed by atoms with van der Waals surface area (Å²) in [7, 11) is 1.56. The van der Waals surface area contributed by atoms with Gasteiger partial charge in [-0.2, -0.15) is 0 Å². The van der Waals surface area contributed by atoms with Crippen molar-refractivity contribution in [2.24, 2.45) is 0 Å². The number of aryl methyl sites for hydroxylation is 1. The Morgan fingerprint density at radius 3 is 2.37 bits per heavy atom. The standard InChI is InChI=1S/C20H21ClN2O4/c1-22-19(25)15-8-5-13(6-9-15)7-10-18(24)23-17(20(26)27)12-14-3-2-4-16(21)11-14/h2-6,8-9,11,17H,7,10,12H2,1H3,(H,22,25)(H,23,24)(H,26,27)/t17-/m0/s1. The van der Waals surface area contributed by atoms with Crippen molar-refractivity contribution < 1.29 is 19.5 Å². The molecule has 2 aromatic rings. The predicted molar refractivity (Wildman–Crippen MR) is 103 cm³/mol. The molecular formula is C20H21ClN2O4. The first-order valence-electron chi connectivity index (χ1n) is 8.46. The van der Waals surface area contributed by atoms with E-state index in [0.717, 1.165) is 11.1 Å². The molecule has 0 aromatic heterocycles. The van der Waals surface area contributed by atoms with Crippen LogP contribution in [0.2, 0.25) is 5.02 Å². The fraction of sp³-hybridized carbons (Fsp3) is 0.250. The summed E-state index contributed by atoms with van der Waals surface area (Å²) in [4.78, 5) is 35.1. The number of aliphatic carboxylic acids is 1. The van der Waals surface area contributed by atoms with Gasteiger partial charge in [-0.05, 0) is 41.8 Å². The Morgan fingerprint density at radius 2 is 1.78 bits per heavy atom. The minimum absolute atomic E-state index is 0.151. The summed E-state index contributed by atoms with van der Waals surface area (Å²) < 4.78 is 0. The van der Waals surface area contributed by atoms with Crippen LogP contribution >= 0.6 is 11.6 Å². The Labute approximate surface area is 162 Å². The zero-order valence-electron chi connectivity index (χ0n) is 14.9. The highest BCUT2D eigenvalue weighted by atomic mass is 35.5. The van der Waals surface area contributed by atoms with E-state index in [1.54, 1.807) is 55.6 Å². The molecule has 7 heteroatoms. The highest BCUT2D eigenvalue weighted by molar-refractivity contribution is 6.30. The van der Waals surface area contributed by atoms with Crippen LogP contribution in [0.4, 0.5) is 0 Å². The van der Waals surface area contributed by atoms with Crippen LogP contribution < -0.4 is 10.6 Å². The van der Waals surface area contributed by atoms with Crippen LogP contribution in [0.25, 0.3) is 0 Å². The number of benzene rings is 2. The predicted octanol–water partition coefficient (Wildman–Crippen LogP) is 2.44. The lowest BCUT2D eigenvalue weighted by molar-refractivity contribution is -0.141. The van der Waals surface area contributed by atoms with Crippen molar-refractivity contribution in [3.8, 4) is 0 Å². The van der Waals surface area contributed by atoms with E-state index in [-0.39, 0.29) is 24.7 Å². The molecule has 2 aromatic carbocycles. The third kappa shape index (κ3) is 6.42. The molecule has 142 valence electrons. The molecule has 1 atom stereocenters. The van der Waals surface area contributed by atoms with Gasteiger partial charge in [0.1, 0.15) is 6.04 Å². The Kier molecular flexibility index (Phi) is 7.37. The lowest BCUT2D eigenvalue weighted by atomic mass is 10.0. The molecule has 0 aliphatic rings. The molecule has 0 heterocycles. The molecule has 3 N–H and O–H groups in total.